The summed E-state index contributed by atoms with van der Waals surface area (Å²) in [6, 6.07) is 13.7. The van der Waals surface area contributed by atoms with E-state index >= 15 is 0 Å². The number of hydrogen-bond acceptors (Lipinski definition) is 8. The second-order valence-corrected chi connectivity index (χ2v) is 8.71. The Morgan fingerprint density at radius 3 is 1.00 bits per heavy atom. The van der Waals surface area contributed by atoms with Crippen molar-refractivity contribution in [1.29, 1.82) is 0 Å². The molecule has 8 nitrogen and oxygen atoms in total. The molecule has 0 unspecified atom stereocenters. The average Bonchev–Trinajstić information content (AvgIpc) is 2.78. The van der Waals surface area contributed by atoms with Gasteiger partial charge in [-0.05, 0) is 96.5 Å². The van der Waals surface area contributed by atoms with Crippen molar-refractivity contribution in [3.63, 3.8) is 0 Å². The van der Waals surface area contributed by atoms with E-state index in [1.165, 1.54) is 60.7 Å². The summed E-state index contributed by atoms with van der Waals surface area (Å²) in [5, 5.41) is 80.8. The molecule has 0 bridgehead atoms. The third-order valence-electron chi connectivity index (χ3n) is 5.97. The second kappa shape index (κ2) is 9.87. The zero-order chi connectivity index (χ0) is 26.0. The number of rotatable bonds is 7. The molecule has 4 aromatic carbocycles. The van der Waals surface area contributed by atoms with Crippen molar-refractivity contribution >= 4 is 0 Å². The van der Waals surface area contributed by atoms with Crippen LogP contribution in [0.4, 0.5) is 0 Å². The highest BCUT2D eigenvalue weighted by Crippen LogP contribution is 2.42. The van der Waals surface area contributed by atoms with E-state index in [1.807, 2.05) is 0 Å². The molecule has 0 saturated carbocycles. The fraction of sp³-hybridized carbons (Fsp3) is 0.143. The zero-order valence-corrected chi connectivity index (χ0v) is 19.2. The molecular formula is C28H26O8. The van der Waals surface area contributed by atoms with E-state index < -0.39 is 0 Å². The van der Waals surface area contributed by atoms with Crippen LogP contribution in [0.2, 0.25) is 0 Å². The molecule has 186 valence electrons. The van der Waals surface area contributed by atoms with E-state index in [2.05, 4.69) is 0 Å². The first kappa shape index (κ1) is 24.4. The van der Waals surface area contributed by atoms with Crippen molar-refractivity contribution in [2.45, 2.75) is 25.7 Å². The van der Waals surface area contributed by atoms with Crippen molar-refractivity contribution < 1.29 is 40.9 Å². The number of phenols is 8. The van der Waals surface area contributed by atoms with Crippen LogP contribution in [0.15, 0.2) is 60.7 Å². The average molecular weight is 491 g/mol. The number of phenolic OH excluding ortho intramolecular Hbond substituents is 8. The van der Waals surface area contributed by atoms with Gasteiger partial charge in [0.1, 0.15) is 46.0 Å². The van der Waals surface area contributed by atoms with Crippen LogP contribution in [0.25, 0.3) is 11.1 Å². The fourth-order valence-corrected chi connectivity index (χ4v) is 4.23. The largest absolute Gasteiger partial charge is 0.508 e. The van der Waals surface area contributed by atoms with Crippen LogP contribution < -0.4 is 0 Å². The van der Waals surface area contributed by atoms with Gasteiger partial charge in [-0.25, -0.2) is 0 Å². The van der Waals surface area contributed by atoms with Gasteiger partial charge in [-0.1, -0.05) is 0 Å². The van der Waals surface area contributed by atoms with Gasteiger partial charge in [0, 0.05) is 23.3 Å². The zero-order valence-electron chi connectivity index (χ0n) is 19.2. The van der Waals surface area contributed by atoms with Crippen LogP contribution in [0.1, 0.15) is 22.3 Å². The summed E-state index contributed by atoms with van der Waals surface area (Å²) in [5.74, 6) is -0.981. The minimum Gasteiger partial charge on any atom is -0.508 e. The predicted octanol–water partition coefficient (Wildman–Crippen LogP) is 4.57. The van der Waals surface area contributed by atoms with Crippen LogP contribution in [0.5, 0.6) is 46.0 Å². The van der Waals surface area contributed by atoms with E-state index in [0.29, 0.717) is 47.9 Å². The van der Waals surface area contributed by atoms with Gasteiger partial charge in [-0.3, -0.25) is 0 Å². The molecule has 8 N–H and O–H groups in total. The molecule has 4 rings (SSSR count). The highest BCUT2D eigenvalue weighted by Gasteiger charge is 2.17. The molecule has 0 fully saturated rings. The Morgan fingerprint density at radius 2 is 0.667 bits per heavy atom. The molecule has 0 aliphatic rings. The van der Waals surface area contributed by atoms with Gasteiger partial charge < -0.3 is 40.9 Å². The summed E-state index contributed by atoms with van der Waals surface area (Å²) < 4.78 is 0. The Kier molecular flexibility index (Phi) is 6.69. The standard InChI is InChI=1S/C28H26O8/c29-19-5-15(6-20(30)11-19)1-3-17-9-27(35)23(13-25(17)33)24-14-26(34)18(10-28(24)36)4-2-16-7-21(31)12-22(32)8-16/h5-14,29-36H,1-4H2. The number of aryl methyl sites for hydroxylation is 4. The van der Waals surface area contributed by atoms with Crippen LogP contribution in [-0.2, 0) is 25.7 Å². The highest BCUT2D eigenvalue weighted by molar-refractivity contribution is 5.79. The predicted molar refractivity (Wildman–Crippen MR) is 133 cm³/mol. The molecule has 0 spiro atoms. The second-order valence-electron chi connectivity index (χ2n) is 8.71. The molecule has 0 aliphatic carbocycles. The topological polar surface area (TPSA) is 162 Å². The molecule has 8 heteroatoms. The summed E-state index contributed by atoms with van der Waals surface area (Å²) in [7, 11) is 0. The number of hydrogen-bond donors (Lipinski definition) is 8. The molecule has 36 heavy (non-hydrogen) atoms. The lowest BCUT2D eigenvalue weighted by molar-refractivity contribution is 0.446. The quantitative estimate of drug-likeness (QED) is 0.175. The van der Waals surface area contributed by atoms with Crippen molar-refractivity contribution in [3.8, 4) is 57.1 Å². The van der Waals surface area contributed by atoms with E-state index in [0.717, 1.165) is 0 Å². The minimum absolute atomic E-state index is 0.0776. The van der Waals surface area contributed by atoms with Gasteiger partial charge in [-0.2, -0.15) is 0 Å². The summed E-state index contributed by atoms with van der Waals surface area (Å²) in [6.45, 7) is 0. The lowest BCUT2D eigenvalue weighted by Gasteiger charge is -2.14. The first-order valence-electron chi connectivity index (χ1n) is 11.2. The molecule has 0 aliphatic heterocycles. The van der Waals surface area contributed by atoms with Crippen LogP contribution in [0, 0.1) is 0 Å². The SMILES string of the molecule is Oc1cc(O)cc(CCc2cc(O)c(-c3cc(O)c(CCc4cc(O)cc(O)c4)cc3O)cc2O)c1. The van der Waals surface area contributed by atoms with Crippen molar-refractivity contribution in [3.05, 3.63) is 82.9 Å². The van der Waals surface area contributed by atoms with Gasteiger partial charge in [0.05, 0.1) is 0 Å². The molecule has 0 radical (unpaired) electrons. The Hall–Kier alpha value is -4.72. The number of benzene rings is 4. The normalized spacial score (nSPS) is 11.0. The number of aromatic hydroxyl groups is 8. The third kappa shape index (κ3) is 5.50. The molecule has 0 saturated heterocycles. The molecule has 4 aromatic rings. The lowest BCUT2D eigenvalue weighted by Crippen LogP contribution is -1.95. The minimum atomic E-state index is -0.209. The van der Waals surface area contributed by atoms with Gasteiger partial charge in [0.2, 0.25) is 0 Å². The van der Waals surface area contributed by atoms with E-state index in [4.69, 9.17) is 0 Å². The molecule has 0 amide bonds. The van der Waals surface area contributed by atoms with Crippen molar-refractivity contribution in [2.24, 2.45) is 0 Å². The molecule has 0 atom stereocenters. The summed E-state index contributed by atoms with van der Waals surface area (Å²) in [5.41, 5.74) is 2.40. The Balaban J connectivity index is 1.54. The van der Waals surface area contributed by atoms with Crippen LogP contribution >= 0.6 is 0 Å². The van der Waals surface area contributed by atoms with Crippen molar-refractivity contribution in [1.82, 2.24) is 0 Å². The maximum Gasteiger partial charge on any atom is 0.124 e. The first-order valence-corrected chi connectivity index (χ1v) is 11.2. The fourth-order valence-electron chi connectivity index (χ4n) is 4.23. The Labute approximate surface area is 206 Å². The Bertz CT molecular complexity index is 1280. The van der Waals surface area contributed by atoms with Crippen LogP contribution in [-0.4, -0.2) is 40.9 Å². The molecule has 0 heterocycles. The maximum atomic E-state index is 10.6. The van der Waals surface area contributed by atoms with Gasteiger partial charge in [0.25, 0.3) is 0 Å². The summed E-state index contributed by atoms with van der Waals surface area (Å²) >= 11 is 0. The van der Waals surface area contributed by atoms with E-state index in [1.54, 1.807) is 0 Å². The van der Waals surface area contributed by atoms with Gasteiger partial charge in [-0.15, -0.1) is 0 Å². The third-order valence-corrected chi connectivity index (χ3v) is 5.97. The van der Waals surface area contributed by atoms with E-state index in [-0.39, 0.29) is 57.1 Å². The van der Waals surface area contributed by atoms with Crippen molar-refractivity contribution in [2.75, 3.05) is 0 Å². The summed E-state index contributed by atoms with van der Waals surface area (Å²) in [4.78, 5) is 0. The molecular weight excluding hydrogens is 464 g/mol. The smallest absolute Gasteiger partial charge is 0.124 e. The first-order chi connectivity index (χ1) is 17.1. The maximum absolute atomic E-state index is 10.6. The van der Waals surface area contributed by atoms with Crippen LogP contribution in [0.3, 0.4) is 0 Å². The monoisotopic (exact) mass is 490 g/mol. The van der Waals surface area contributed by atoms with E-state index in [9.17, 15) is 40.9 Å². The van der Waals surface area contributed by atoms with Gasteiger partial charge in [0.15, 0.2) is 0 Å². The van der Waals surface area contributed by atoms with Gasteiger partial charge >= 0.3 is 0 Å². The highest BCUT2D eigenvalue weighted by atomic mass is 16.3. The molecule has 0 aromatic heterocycles. The lowest BCUT2D eigenvalue weighted by atomic mass is 9.95. The Morgan fingerprint density at radius 1 is 0.333 bits per heavy atom. The summed E-state index contributed by atoms with van der Waals surface area (Å²) in [6.07, 6.45) is 1.38.